The molecule has 4 nitrogen and oxygen atoms in total. The van der Waals surface area contributed by atoms with Gasteiger partial charge in [0.1, 0.15) is 5.71 Å². The molecule has 1 aliphatic heterocycles. The molecule has 0 aliphatic carbocycles. The molecule has 4 heteroatoms. The smallest absolute Gasteiger partial charge is 0.164 e. The fraction of sp³-hybridized carbons (Fsp3) is 0.263. The highest BCUT2D eigenvalue weighted by Gasteiger charge is 2.22. The van der Waals surface area contributed by atoms with E-state index in [4.69, 9.17) is 9.47 Å². The number of benzene rings is 2. The fourth-order valence-corrected chi connectivity index (χ4v) is 2.91. The molecule has 0 saturated heterocycles. The van der Waals surface area contributed by atoms with E-state index in [9.17, 15) is 0 Å². The SMILES string of the molecule is COc1ccc2c(c1OC)CC(C)=NN=C2c1ccccc1C. The molecule has 23 heavy (non-hydrogen) atoms. The first-order valence-electron chi connectivity index (χ1n) is 7.57. The minimum atomic E-state index is 0.689. The van der Waals surface area contributed by atoms with Crippen LogP contribution in [0.25, 0.3) is 0 Å². The van der Waals surface area contributed by atoms with Crippen LogP contribution in [0.3, 0.4) is 0 Å². The lowest BCUT2D eigenvalue weighted by Crippen LogP contribution is -2.10. The predicted molar refractivity (Wildman–Crippen MR) is 93.2 cm³/mol. The van der Waals surface area contributed by atoms with Crippen LogP contribution in [0.1, 0.15) is 29.2 Å². The van der Waals surface area contributed by atoms with Crippen LogP contribution < -0.4 is 9.47 Å². The molecular weight excluding hydrogens is 288 g/mol. The van der Waals surface area contributed by atoms with E-state index in [1.54, 1.807) is 14.2 Å². The van der Waals surface area contributed by atoms with Crippen molar-refractivity contribution in [1.82, 2.24) is 0 Å². The second kappa shape index (κ2) is 6.24. The van der Waals surface area contributed by atoms with Crippen molar-refractivity contribution in [2.75, 3.05) is 14.2 Å². The normalized spacial score (nSPS) is 13.6. The highest BCUT2D eigenvalue weighted by molar-refractivity contribution is 6.16. The fourth-order valence-electron chi connectivity index (χ4n) is 2.91. The maximum atomic E-state index is 5.62. The van der Waals surface area contributed by atoms with Gasteiger partial charge in [-0.1, -0.05) is 24.3 Å². The van der Waals surface area contributed by atoms with Crippen molar-refractivity contribution in [3.63, 3.8) is 0 Å². The monoisotopic (exact) mass is 308 g/mol. The molecule has 1 heterocycles. The van der Waals surface area contributed by atoms with Crippen LogP contribution in [0.2, 0.25) is 0 Å². The van der Waals surface area contributed by atoms with Crippen molar-refractivity contribution in [3.05, 3.63) is 58.7 Å². The predicted octanol–water partition coefficient (Wildman–Crippen LogP) is 3.78. The van der Waals surface area contributed by atoms with Gasteiger partial charge < -0.3 is 9.47 Å². The first kappa shape index (κ1) is 15.3. The summed E-state index contributed by atoms with van der Waals surface area (Å²) < 4.78 is 11.1. The quantitative estimate of drug-likeness (QED) is 0.866. The van der Waals surface area contributed by atoms with Crippen molar-refractivity contribution in [1.29, 1.82) is 0 Å². The van der Waals surface area contributed by atoms with Crippen LogP contribution in [0.4, 0.5) is 0 Å². The third-order valence-electron chi connectivity index (χ3n) is 4.06. The Morgan fingerprint density at radius 1 is 0.870 bits per heavy atom. The third-order valence-corrected chi connectivity index (χ3v) is 4.06. The number of hydrogen-bond acceptors (Lipinski definition) is 4. The Kier molecular flexibility index (Phi) is 4.15. The first-order chi connectivity index (χ1) is 11.2. The van der Waals surface area contributed by atoms with Gasteiger partial charge in [-0.3, -0.25) is 0 Å². The summed E-state index contributed by atoms with van der Waals surface area (Å²) in [6.45, 7) is 4.06. The van der Waals surface area contributed by atoms with E-state index in [1.165, 1.54) is 5.56 Å². The molecular formula is C19H20N2O2. The van der Waals surface area contributed by atoms with Gasteiger partial charge in [-0.05, 0) is 31.5 Å². The molecule has 0 fully saturated rings. The van der Waals surface area contributed by atoms with Crippen LogP contribution >= 0.6 is 0 Å². The van der Waals surface area contributed by atoms with Gasteiger partial charge in [0.05, 0.1) is 14.2 Å². The number of hydrogen-bond donors (Lipinski definition) is 0. The van der Waals surface area contributed by atoms with E-state index in [0.29, 0.717) is 6.42 Å². The number of fused-ring (bicyclic) bond motifs is 1. The van der Waals surface area contributed by atoms with E-state index in [0.717, 1.165) is 39.6 Å². The van der Waals surface area contributed by atoms with Crippen LogP contribution in [0.15, 0.2) is 46.6 Å². The molecule has 0 bridgehead atoms. The summed E-state index contributed by atoms with van der Waals surface area (Å²) in [5.74, 6) is 1.48. The maximum Gasteiger partial charge on any atom is 0.164 e. The van der Waals surface area contributed by atoms with E-state index >= 15 is 0 Å². The van der Waals surface area contributed by atoms with Crippen LogP contribution in [0, 0.1) is 6.92 Å². The van der Waals surface area contributed by atoms with Gasteiger partial charge in [0, 0.05) is 28.8 Å². The van der Waals surface area contributed by atoms with Gasteiger partial charge in [-0.2, -0.15) is 5.10 Å². The molecule has 0 radical (unpaired) electrons. The second-order valence-electron chi connectivity index (χ2n) is 5.60. The number of rotatable bonds is 3. The van der Waals surface area contributed by atoms with Gasteiger partial charge in [-0.25, -0.2) is 0 Å². The lowest BCUT2D eigenvalue weighted by Gasteiger charge is -2.17. The Balaban J connectivity index is 2.27. The molecule has 3 rings (SSSR count). The minimum absolute atomic E-state index is 0.689. The minimum Gasteiger partial charge on any atom is -0.493 e. The standard InChI is InChI=1S/C19H20N2O2/c1-12-7-5-6-8-14(12)18-15-9-10-17(22-3)19(23-4)16(15)11-13(2)20-21-18/h5-10H,11H2,1-4H3. The van der Waals surface area contributed by atoms with Gasteiger partial charge in [0.25, 0.3) is 0 Å². The van der Waals surface area contributed by atoms with E-state index in [-0.39, 0.29) is 0 Å². The zero-order valence-electron chi connectivity index (χ0n) is 13.9. The Hall–Kier alpha value is -2.62. The molecule has 0 saturated carbocycles. The average Bonchev–Trinajstić information content (AvgIpc) is 2.72. The molecule has 0 unspecified atom stereocenters. The summed E-state index contributed by atoms with van der Waals surface area (Å²) in [6.07, 6.45) is 0.689. The third kappa shape index (κ3) is 2.72. The molecule has 0 atom stereocenters. The van der Waals surface area contributed by atoms with Gasteiger partial charge in [-0.15, -0.1) is 5.10 Å². The maximum absolute atomic E-state index is 5.62. The summed E-state index contributed by atoms with van der Waals surface area (Å²) in [4.78, 5) is 0. The second-order valence-corrected chi connectivity index (χ2v) is 5.60. The van der Waals surface area contributed by atoms with Crippen LogP contribution in [-0.2, 0) is 6.42 Å². The molecule has 0 amide bonds. The molecule has 118 valence electrons. The summed E-state index contributed by atoms with van der Waals surface area (Å²) in [5, 5.41) is 8.89. The Morgan fingerprint density at radius 3 is 2.35 bits per heavy atom. The average molecular weight is 308 g/mol. The van der Waals surface area contributed by atoms with Crippen LogP contribution in [0.5, 0.6) is 11.5 Å². The lowest BCUT2D eigenvalue weighted by molar-refractivity contribution is 0.352. The molecule has 1 aliphatic rings. The van der Waals surface area contributed by atoms with Crippen molar-refractivity contribution < 1.29 is 9.47 Å². The van der Waals surface area contributed by atoms with Crippen LogP contribution in [-0.4, -0.2) is 25.6 Å². The van der Waals surface area contributed by atoms with Crippen molar-refractivity contribution in [3.8, 4) is 11.5 Å². The van der Waals surface area contributed by atoms with E-state index < -0.39 is 0 Å². The summed E-state index contributed by atoms with van der Waals surface area (Å²) in [7, 11) is 3.32. The summed E-state index contributed by atoms with van der Waals surface area (Å²) in [6, 6.07) is 12.2. The Labute approximate surface area is 136 Å². The molecule has 2 aromatic rings. The molecule has 0 spiro atoms. The van der Waals surface area contributed by atoms with Gasteiger partial charge in [0.2, 0.25) is 0 Å². The number of nitrogens with zero attached hydrogens (tertiary/aromatic N) is 2. The molecule has 0 aromatic heterocycles. The van der Waals surface area contributed by atoms with Gasteiger partial charge in [0.15, 0.2) is 11.5 Å². The van der Waals surface area contributed by atoms with Crippen molar-refractivity contribution in [2.45, 2.75) is 20.3 Å². The summed E-state index contributed by atoms with van der Waals surface area (Å²) in [5.41, 5.74) is 6.17. The first-order valence-corrected chi connectivity index (χ1v) is 7.57. The largest absolute Gasteiger partial charge is 0.493 e. The van der Waals surface area contributed by atoms with Crippen molar-refractivity contribution in [2.24, 2.45) is 10.2 Å². The molecule has 0 N–H and O–H groups in total. The Morgan fingerprint density at radius 2 is 1.65 bits per heavy atom. The molecule has 2 aromatic carbocycles. The highest BCUT2D eigenvalue weighted by atomic mass is 16.5. The van der Waals surface area contributed by atoms with E-state index in [2.05, 4.69) is 29.3 Å². The zero-order valence-corrected chi connectivity index (χ0v) is 13.9. The topological polar surface area (TPSA) is 43.2 Å². The highest BCUT2D eigenvalue weighted by Crippen LogP contribution is 2.36. The Bertz CT molecular complexity index is 807. The van der Waals surface area contributed by atoms with Gasteiger partial charge >= 0.3 is 0 Å². The number of methoxy groups -OCH3 is 2. The van der Waals surface area contributed by atoms with Crippen molar-refractivity contribution >= 4 is 11.4 Å². The number of ether oxygens (including phenoxy) is 2. The zero-order chi connectivity index (χ0) is 16.4. The number of aryl methyl sites for hydroxylation is 1. The summed E-state index contributed by atoms with van der Waals surface area (Å²) >= 11 is 0. The lowest BCUT2D eigenvalue weighted by atomic mass is 9.92. The van der Waals surface area contributed by atoms with E-state index in [1.807, 2.05) is 31.2 Å².